The molecule has 5 nitrogen and oxygen atoms in total. The molecule has 0 saturated heterocycles. The SMILES string of the molecule is N#Cc1ccc(-c2cnc(C(=O)O)o2)cc1. The van der Waals surface area contributed by atoms with E-state index in [-0.39, 0.29) is 5.89 Å². The summed E-state index contributed by atoms with van der Waals surface area (Å²) >= 11 is 0. The predicted molar refractivity (Wildman–Crippen MR) is 53.6 cm³/mol. The summed E-state index contributed by atoms with van der Waals surface area (Å²) in [5.41, 5.74) is 1.21. The van der Waals surface area contributed by atoms with Gasteiger partial charge in [0.2, 0.25) is 0 Å². The highest BCUT2D eigenvalue weighted by molar-refractivity contribution is 5.82. The molecule has 0 aliphatic heterocycles. The molecule has 1 aromatic carbocycles. The number of hydrogen-bond acceptors (Lipinski definition) is 4. The third-order valence-electron chi connectivity index (χ3n) is 1.99. The average molecular weight is 214 g/mol. The molecule has 0 amide bonds. The number of aromatic carboxylic acids is 1. The molecule has 0 fully saturated rings. The Morgan fingerprint density at radius 3 is 2.56 bits per heavy atom. The van der Waals surface area contributed by atoms with Crippen molar-refractivity contribution in [1.82, 2.24) is 4.98 Å². The Morgan fingerprint density at radius 2 is 2.06 bits per heavy atom. The van der Waals surface area contributed by atoms with Gasteiger partial charge in [-0.1, -0.05) is 0 Å². The van der Waals surface area contributed by atoms with Crippen LogP contribution in [0.1, 0.15) is 16.2 Å². The summed E-state index contributed by atoms with van der Waals surface area (Å²) in [5.74, 6) is -1.19. The van der Waals surface area contributed by atoms with Gasteiger partial charge in [-0.2, -0.15) is 5.26 Å². The molecule has 0 bridgehead atoms. The molecule has 0 unspecified atom stereocenters. The summed E-state index contributed by atoms with van der Waals surface area (Å²) in [5, 5.41) is 17.2. The first-order chi connectivity index (χ1) is 7.70. The second-order valence-electron chi connectivity index (χ2n) is 3.02. The van der Waals surface area contributed by atoms with Gasteiger partial charge >= 0.3 is 11.9 Å². The van der Waals surface area contributed by atoms with Crippen LogP contribution in [-0.4, -0.2) is 16.1 Å². The van der Waals surface area contributed by atoms with Crippen LogP contribution in [0.4, 0.5) is 0 Å². The molecule has 0 radical (unpaired) electrons. The lowest BCUT2D eigenvalue weighted by Crippen LogP contribution is -1.94. The van der Waals surface area contributed by atoms with Crippen molar-refractivity contribution in [3.63, 3.8) is 0 Å². The van der Waals surface area contributed by atoms with Crippen LogP contribution in [-0.2, 0) is 0 Å². The first kappa shape index (κ1) is 9.93. The lowest BCUT2D eigenvalue weighted by molar-refractivity contribution is 0.0654. The van der Waals surface area contributed by atoms with E-state index in [2.05, 4.69) is 4.98 Å². The van der Waals surface area contributed by atoms with Crippen LogP contribution in [0.3, 0.4) is 0 Å². The Balaban J connectivity index is 2.36. The molecule has 0 atom stereocenters. The number of rotatable bonds is 2. The van der Waals surface area contributed by atoms with Gasteiger partial charge in [0.25, 0.3) is 0 Å². The molecule has 1 aromatic heterocycles. The number of oxazole rings is 1. The van der Waals surface area contributed by atoms with E-state index in [1.54, 1.807) is 24.3 Å². The maximum absolute atomic E-state index is 10.5. The minimum Gasteiger partial charge on any atom is -0.474 e. The lowest BCUT2D eigenvalue weighted by atomic mass is 10.1. The Morgan fingerprint density at radius 1 is 1.38 bits per heavy atom. The second-order valence-corrected chi connectivity index (χ2v) is 3.02. The standard InChI is InChI=1S/C11H6N2O3/c12-5-7-1-3-8(4-2-7)9-6-13-10(16-9)11(14)15/h1-4,6H,(H,14,15). The van der Waals surface area contributed by atoms with Gasteiger partial charge in [-0.05, 0) is 24.3 Å². The number of nitriles is 1. The van der Waals surface area contributed by atoms with Gasteiger partial charge in [0.1, 0.15) is 0 Å². The first-order valence-corrected chi connectivity index (χ1v) is 4.40. The summed E-state index contributed by atoms with van der Waals surface area (Å²) in [6.07, 6.45) is 1.34. The van der Waals surface area contributed by atoms with E-state index in [9.17, 15) is 4.79 Å². The van der Waals surface area contributed by atoms with Gasteiger partial charge in [0.15, 0.2) is 5.76 Å². The molecule has 5 heteroatoms. The monoisotopic (exact) mass is 214 g/mol. The number of carboxylic acids is 1. The van der Waals surface area contributed by atoms with Gasteiger partial charge in [-0.3, -0.25) is 0 Å². The van der Waals surface area contributed by atoms with Crippen molar-refractivity contribution in [2.45, 2.75) is 0 Å². The van der Waals surface area contributed by atoms with Crippen LogP contribution in [0.25, 0.3) is 11.3 Å². The minimum atomic E-state index is -1.21. The Labute approximate surface area is 90.6 Å². The van der Waals surface area contributed by atoms with Crippen molar-refractivity contribution in [3.05, 3.63) is 41.9 Å². The van der Waals surface area contributed by atoms with E-state index in [1.807, 2.05) is 6.07 Å². The number of carboxylic acid groups (broad SMARTS) is 1. The van der Waals surface area contributed by atoms with Crippen LogP contribution in [0, 0.1) is 11.3 Å². The van der Waals surface area contributed by atoms with Crippen LogP contribution in [0.5, 0.6) is 0 Å². The second kappa shape index (κ2) is 3.87. The van der Waals surface area contributed by atoms with Crippen molar-refractivity contribution < 1.29 is 14.3 Å². The lowest BCUT2D eigenvalue weighted by Gasteiger charge is -1.94. The molecule has 2 aromatic rings. The van der Waals surface area contributed by atoms with Crippen molar-refractivity contribution in [2.24, 2.45) is 0 Å². The van der Waals surface area contributed by atoms with E-state index in [0.717, 1.165) is 0 Å². The normalized spacial score (nSPS) is 9.69. The van der Waals surface area contributed by atoms with Crippen LogP contribution in [0.15, 0.2) is 34.9 Å². The van der Waals surface area contributed by atoms with Gasteiger partial charge < -0.3 is 9.52 Å². The van der Waals surface area contributed by atoms with Gasteiger partial charge in [0, 0.05) is 5.56 Å². The zero-order chi connectivity index (χ0) is 11.5. The van der Waals surface area contributed by atoms with E-state index in [0.29, 0.717) is 16.9 Å². The van der Waals surface area contributed by atoms with Crippen molar-refractivity contribution >= 4 is 5.97 Å². The Kier molecular flexibility index (Phi) is 2.40. The molecule has 0 aliphatic rings. The summed E-state index contributed by atoms with van der Waals surface area (Å²) < 4.78 is 5.01. The molecule has 2 rings (SSSR count). The molecule has 0 saturated carbocycles. The number of nitrogens with zero attached hydrogens (tertiary/aromatic N) is 2. The van der Waals surface area contributed by atoms with Crippen LogP contribution >= 0.6 is 0 Å². The molecule has 1 N–H and O–H groups in total. The zero-order valence-electron chi connectivity index (χ0n) is 8.04. The highest BCUT2D eigenvalue weighted by Crippen LogP contribution is 2.20. The third kappa shape index (κ3) is 1.77. The maximum Gasteiger partial charge on any atom is 0.392 e. The molecule has 0 aliphatic carbocycles. The fraction of sp³-hybridized carbons (Fsp3) is 0. The van der Waals surface area contributed by atoms with Crippen molar-refractivity contribution in [2.75, 3.05) is 0 Å². The van der Waals surface area contributed by atoms with Crippen molar-refractivity contribution in [1.29, 1.82) is 5.26 Å². The fourth-order valence-electron chi connectivity index (χ4n) is 1.22. The van der Waals surface area contributed by atoms with E-state index in [1.165, 1.54) is 6.20 Å². The summed E-state index contributed by atoms with van der Waals surface area (Å²) in [4.78, 5) is 14.2. The molecular weight excluding hydrogens is 208 g/mol. The Bertz CT molecular complexity index is 564. The van der Waals surface area contributed by atoms with Crippen LogP contribution < -0.4 is 0 Å². The van der Waals surface area contributed by atoms with Crippen molar-refractivity contribution in [3.8, 4) is 17.4 Å². The number of benzene rings is 1. The molecule has 0 spiro atoms. The molecule has 16 heavy (non-hydrogen) atoms. The largest absolute Gasteiger partial charge is 0.474 e. The van der Waals surface area contributed by atoms with E-state index >= 15 is 0 Å². The van der Waals surface area contributed by atoms with E-state index < -0.39 is 5.97 Å². The molecule has 1 heterocycles. The van der Waals surface area contributed by atoms with Gasteiger partial charge in [0.05, 0.1) is 17.8 Å². The molecular formula is C11H6N2O3. The van der Waals surface area contributed by atoms with Crippen LogP contribution in [0.2, 0.25) is 0 Å². The minimum absolute atomic E-state index is 0.348. The summed E-state index contributed by atoms with van der Waals surface area (Å²) in [6, 6.07) is 8.58. The quantitative estimate of drug-likeness (QED) is 0.824. The van der Waals surface area contributed by atoms with Gasteiger partial charge in [-0.15, -0.1) is 0 Å². The number of carbonyl (C=O) groups is 1. The summed E-state index contributed by atoms with van der Waals surface area (Å²) in [7, 11) is 0. The number of aromatic nitrogens is 1. The molecule has 78 valence electrons. The van der Waals surface area contributed by atoms with Gasteiger partial charge in [-0.25, -0.2) is 9.78 Å². The Hall–Kier alpha value is -2.61. The zero-order valence-corrected chi connectivity index (χ0v) is 8.04. The highest BCUT2D eigenvalue weighted by atomic mass is 16.4. The topological polar surface area (TPSA) is 87.1 Å². The third-order valence-corrected chi connectivity index (χ3v) is 1.99. The smallest absolute Gasteiger partial charge is 0.392 e. The maximum atomic E-state index is 10.5. The fourth-order valence-corrected chi connectivity index (χ4v) is 1.22. The first-order valence-electron chi connectivity index (χ1n) is 4.40. The highest BCUT2D eigenvalue weighted by Gasteiger charge is 2.11. The predicted octanol–water partition coefficient (Wildman–Crippen LogP) is 1.91. The summed E-state index contributed by atoms with van der Waals surface area (Å²) in [6.45, 7) is 0. The average Bonchev–Trinajstić information content (AvgIpc) is 2.78. The van der Waals surface area contributed by atoms with E-state index in [4.69, 9.17) is 14.8 Å². The number of hydrogen-bond donors (Lipinski definition) is 1.